The van der Waals surface area contributed by atoms with E-state index in [9.17, 15) is 0 Å². The predicted octanol–water partition coefficient (Wildman–Crippen LogP) is 0.883. The molecule has 0 unspecified atom stereocenters. The van der Waals surface area contributed by atoms with E-state index in [1.54, 1.807) is 0 Å². The zero-order valence-corrected chi connectivity index (χ0v) is 6.02. The molecule has 0 N–H and O–H groups in total. The maximum atomic E-state index is 4.43. The van der Waals surface area contributed by atoms with Crippen LogP contribution in [0.25, 0.3) is 0 Å². The van der Waals surface area contributed by atoms with E-state index in [1.165, 1.54) is 25.1 Å². The smallest absolute Gasteiger partial charge is 0.128 e. The summed E-state index contributed by atoms with van der Waals surface area (Å²) in [5.41, 5.74) is 0.378. The highest BCUT2D eigenvalue weighted by atomic mass is 15.3. The van der Waals surface area contributed by atoms with Gasteiger partial charge in [-0.2, -0.15) is 0 Å². The fourth-order valence-corrected chi connectivity index (χ4v) is 1.54. The first kappa shape index (κ1) is 5.27. The van der Waals surface area contributed by atoms with Crippen molar-refractivity contribution in [3.8, 4) is 0 Å². The second kappa shape index (κ2) is 1.31. The SMILES string of the molecule is CN(C)C1=NC12CCC2. The van der Waals surface area contributed by atoms with Crippen molar-refractivity contribution < 1.29 is 0 Å². The molecule has 9 heavy (non-hydrogen) atoms. The molecule has 0 atom stereocenters. The first-order valence-corrected chi connectivity index (χ1v) is 3.52. The van der Waals surface area contributed by atoms with Crippen LogP contribution in [0.5, 0.6) is 0 Å². The number of rotatable bonds is 0. The Morgan fingerprint density at radius 3 is 2.22 bits per heavy atom. The van der Waals surface area contributed by atoms with Crippen LogP contribution in [0.1, 0.15) is 19.3 Å². The van der Waals surface area contributed by atoms with Gasteiger partial charge in [0, 0.05) is 14.1 Å². The molecule has 1 fully saturated rings. The highest BCUT2D eigenvalue weighted by Gasteiger charge is 2.52. The number of hydrogen-bond donors (Lipinski definition) is 0. The lowest BCUT2D eigenvalue weighted by Crippen LogP contribution is -2.34. The highest BCUT2D eigenvalue weighted by Crippen LogP contribution is 2.46. The molecule has 2 aliphatic rings. The molecule has 1 heterocycles. The van der Waals surface area contributed by atoms with Crippen molar-refractivity contribution in [1.29, 1.82) is 0 Å². The Morgan fingerprint density at radius 1 is 1.44 bits per heavy atom. The van der Waals surface area contributed by atoms with Crippen LogP contribution in [0.15, 0.2) is 4.99 Å². The Morgan fingerprint density at radius 2 is 2.11 bits per heavy atom. The summed E-state index contributed by atoms with van der Waals surface area (Å²) >= 11 is 0. The van der Waals surface area contributed by atoms with E-state index < -0.39 is 0 Å². The Bertz CT molecular complexity index is 166. The zero-order valence-electron chi connectivity index (χ0n) is 6.02. The molecule has 0 radical (unpaired) electrons. The Balaban J connectivity index is 1.99. The Hall–Kier alpha value is -0.530. The zero-order chi connectivity index (χ0) is 6.48. The molecule has 2 nitrogen and oxygen atoms in total. The maximum Gasteiger partial charge on any atom is 0.128 e. The molecule has 2 heteroatoms. The molecule has 1 spiro atoms. The van der Waals surface area contributed by atoms with Gasteiger partial charge in [-0.05, 0) is 19.3 Å². The minimum atomic E-state index is 0.378. The molecular formula is C7H12N2. The normalized spacial score (nSPS) is 27.1. The molecule has 50 valence electrons. The lowest BCUT2D eigenvalue weighted by atomic mass is 9.82. The third kappa shape index (κ3) is 0.533. The van der Waals surface area contributed by atoms with Gasteiger partial charge in [-0.1, -0.05) is 0 Å². The maximum absolute atomic E-state index is 4.43. The van der Waals surface area contributed by atoms with Gasteiger partial charge in [-0.25, -0.2) is 0 Å². The molecule has 0 aromatic carbocycles. The van der Waals surface area contributed by atoms with Crippen LogP contribution in [0.3, 0.4) is 0 Å². The fourth-order valence-electron chi connectivity index (χ4n) is 1.54. The lowest BCUT2D eigenvalue weighted by Gasteiger charge is -2.25. The molecule has 0 aromatic heterocycles. The van der Waals surface area contributed by atoms with E-state index in [-0.39, 0.29) is 0 Å². The predicted molar refractivity (Wildman–Crippen MR) is 37.7 cm³/mol. The van der Waals surface area contributed by atoms with Crippen LogP contribution in [-0.4, -0.2) is 30.4 Å². The van der Waals surface area contributed by atoms with Crippen molar-refractivity contribution in [1.82, 2.24) is 4.90 Å². The van der Waals surface area contributed by atoms with Gasteiger partial charge in [-0.3, -0.25) is 4.99 Å². The summed E-state index contributed by atoms with van der Waals surface area (Å²) in [5, 5.41) is 0. The molecule has 0 aromatic rings. The molecule has 0 amide bonds. The number of amidine groups is 1. The average molecular weight is 124 g/mol. The van der Waals surface area contributed by atoms with E-state index in [2.05, 4.69) is 24.0 Å². The van der Waals surface area contributed by atoms with Crippen LogP contribution in [0.2, 0.25) is 0 Å². The minimum absolute atomic E-state index is 0.378. The molecule has 1 aliphatic heterocycles. The van der Waals surface area contributed by atoms with Gasteiger partial charge in [0.05, 0.1) is 0 Å². The van der Waals surface area contributed by atoms with Crippen LogP contribution in [-0.2, 0) is 0 Å². The summed E-state index contributed by atoms with van der Waals surface area (Å²) in [6.45, 7) is 0. The second-order valence-electron chi connectivity index (χ2n) is 3.21. The summed E-state index contributed by atoms with van der Waals surface area (Å²) in [4.78, 5) is 6.57. The van der Waals surface area contributed by atoms with Crippen molar-refractivity contribution in [2.45, 2.75) is 24.8 Å². The average Bonchev–Trinajstić information content (AvgIpc) is 2.34. The van der Waals surface area contributed by atoms with Gasteiger partial charge in [0.25, 0.3) is 0 Å². The first-order valence-electron chi connectivity index (χ1n) is 3.52. The van der Waals surface area contributed by atoms with E-state index in [0.29, 0.717) is 5.54 Å². The van der Waals surface area contributed by atoms with Crippen molar-refractivity contribution in [3.05, 3.63) is 0 Å². The van der Waals surface area contributed by atoms with Crippen LogP contribution < -0.4 is 0 Å². The van der Waals surface area contributed by atoms with Crippen LogP contribution in [0.4, 0.5) is 0 Å². The highest BCUT2D eigenvalue weighted by molar-refractivity contribution is 6.04. The van der Waals surface area contributed by atoms with Gasteiger partial charge in [-0.15, -0.1) is 0 Å². The number of nitrogens with zero attached hydrogens (tertiary/aromatic N) is 2. The third-order valence-corrected chi connectivity index (χ3v) is 2.29. The second-order valence-corrected chi connectivity index (χ2v) is 3.21. The quantitative estimate of drug-likeness (QED) is 0.468. The molecular weight excluding hydrogens is 112 g/mol. The largest absolute Gasteiger partial charge is 0.364 e. The summed E-state index contributed by atoms with van der Waals surface area (Å²) in [6.07, 6.45) is 3.99. The number of hydrogen-bond acceptors (Lipinski definition) is 2. The van der Waals surface area contributed by atoms with Crippen molar-refractivity contribution in [2.24, 2.45) is 4.99 Å². The van der Waals surface area contributed by atoms with Gasteiger partial charge >= 0.3 is 0 Å². The third-order valence-electron chi connectivity index (χ3n) is 2.29. The van der Waals surface area contributed by atoms with E-state index in [4.69, 9.17) is 0 Å². The van der Waals surface area contributed by atoms with Crippen molar-refractivity contribution in [2.75, 3.05) is 14.1 Å². The van der Waals surface area contributed by atoms with Gasteiger partial charge in [0.15, 0.2) is 0 Å². The minimum Gasteiger partial charge on any atom is -0.364 e. The van der Waals surface area contributed by atoms with Gasteiger partial charge in [0.2, 0.25) is 0 Å². The molecule has 0 bridgehead atoms. The van der Waals surface area contributed by atoms with Crippen LogP contribution >= 0.6 is 0 Å². The van der Waals surface area contributed by atoms with Gasteiger partial charge in [0.1, 0.15) is 11.4 Å². The summed E-state index contributed by atoms with van der Waals surface area (Å²) in [5.74, 6) is 1.33. The van der Waals surface area contributed by atoms with E-state index in [0.717, 1.165) is 0 Å². The van der Waals surface area contributed by atoms with E-state index in [1.807, 2.05) is 0 Å². The molecule has 2 rings (SSSR count). The van der Waals surface area contributed by atoms with Gasteiger partial charge < -0.3 is 4.90 Å². The standard InChI is InChI=1S/C7H12N2/c1-9(2)6-7(8-6)4-3-5-7/h3-5H2,1-2H3. The van der Waals surface area contributed by atoms with Crippen molar-refractivity contribution in [3.63, 3.8) is 0 Å². The number of aliphatic imine (C=N–C) groups is 1. The Labute approximate surface area is 55.6 Å². The van der Waals surface area contributed by atoms with Crippen LogP contribution in [0, 0.1) is 0 Å². The number of likely N-dealkylation sites (N-methyl/N-ethyl adjacent to an activating group) is 1. The fraction of sp³-hybridized carbons (Fsp3) is 0.857. The molecule has 1 saturated carbocycles. The monoisotopic (exact) mass is 124 g/mol. The van der Waals surface area contributed by atoms with E-state index >= 15 is 0 Å². The topological polar surface area (TPSA) is 15.6 Å². The molecule has 1 aliphatic carbocycles. The first-order chi connectivity index (χ1) is 4.25. The summed E-state index contributed by atoms with van der Waals surface area (Å²) in [6, 6.07) is 0. The van der Waals surface area contributed by atoms with Crippen molar-refractivity contribution >= 4 is 5.84 Å². The summed E-state index contributed by atoms with van der Waals surface area (Å²) < 4.78 is 0. The lowest BCUT2D eigenvalue weighted by molar-refractivity contribution is 0.385. The Kier molecular flexibility index (Phi) is 0.765. The molecule has 0 saturated heterocycles. The summed E-state index contributed by atoms with van der Waals surface area (Å²) in [7, 11) is 4.15.